The number of carboxylic acids is 1. The Kier molecular flexibility index (Phi) is 9.78. The molecule has 23 heavy (non-hydrogen) atoms. The number of methoxy groups -OCH3 is 1. The molecule has 0 unspecified atom stereocenters. The van der Waals surface area contributed by atoms with Crippen LogP contribution in [0.2, 0.25) is 0 Å². The summed E-state index contributed by atoms with van der Waals surface area (Å²) < 4.78 is 37.8. The van der Waals surface area contributed by atoms with Gasteiger partial charge in [0.25, 0.3) is 0 Å². The largest absolute Gasteiger partial charge is 0.542 e. The van der Waals surface area contributed by atoms with Gasteiger partial charge in [0.05, 0.1) is 19.5 Å². The number of carbonyl (C=O) groups is 1. The maximum absolute atomic E-state index is 10.5. The van der Waals surface area contributed by atoms with Gasteiger partial charge in [0.15, 0.2) is 5.75 Å². The van der Waals surface area contributed by atoms with Crippen molar-refractivity contribution in [2.24, 2.45) is 0 Å². The van der Waals surface area contributed by atoms with Gasteiger partial charge in [-0.1, -0.05) is 12.1 Å². The Morgan fingerprint density at radius 1 is 1.26 bits per heavy atom. The van der Waals surface area contributed by atoms with E-state index >= 15 is 0 Å². The number of carbonyl (C=O) groups excluding carboxylic acids is 1. The highest BCUT2D eigenvalue weighted by Crippen LogP contribution is 2.11. The standard InChI is InChI=1S/C7H8IO.C4H6N2O.C2HF3O2/c1-9-7-5-3-2-4-6(7)8;1-7-6-4-2-3-5-6;3-2(4,5)1(6)7/h2-5,8H,1H3;2-4H,1H3;(H,6,7)/q+1;;/p-1. The average Bonchev–Trinajstić information content (AvgIpc) is 3.01. The van der Waals surface area contributed by atoms with Gasteiger partial charge in [-0.15, -0.1) is 9.94 Å². The van der Waals surface area contributed by atoms with Crippen molar-refractivity contribution in [3.05, 3.63) is 46.3 Å². The molecule has 6 nitrogen and oxygen atoms in total. The zero-order valence-electron chi connectivity index (χ0n) is 12.1. The van der Waals surface area contributed by atoms with Gasteiger partial charge in [0, 0.05) is 0 Å². The fourth-order valence-electron chi connectivity index (χ4n) is 0.982. The predicted octanol–water partition coefficient (Wildman–Crippen LogP) is -2.61. The molecule has 0 atom stereocenters. The summed E-state index contributed by atoms with van der Waals surface area (Å²) >= 11 is 1.96. The van der Waals surface area contributed by atoms with Gasteiger partial charge in [-0.25, -0.2) is 0 Å². The number of rotatable bonds is 2. The lowest BCUT2D eigenvalue weighted by molar-refractivity contribution is -0.344. The highest BCUT2D eigenvalue weighted by Gasteiger charge is 2.28. The van der Waals surface area contributed by atoms with Gasteiger partial charge in [-0.05, 0) is 18.2 Å². The summed E-state index contributed by atoms with van der Waals surface area (Å²) in [7, 11) is 3.25. The number of nitrogens with zero attached hydrogens (tertiary/aromatic N) is 2. The Balaban J connectivity index is 0.000000320. The molecule has 1 aromatic carbocycles. The molecule has 0 aliphatic carbocycles. The summed E-state index contributed by atoms with van der Waals surface area (Å²) in [6.45, 7) is 0. The first-order chi connectivity index (χ1) is 10.7. The summed E-state index contributed by atoms with van der Waals surface area (Å²) in [4.78, 5) is 14.8. The fraction of sp³-hybridized carbons (Fsp3) is 0.231. The van der Waals surface area contributed by atoms with Crippen LogP contribution in [-0.2, 0) is 4.79 Å². The summed E-state index contributed by atoms with van der Waals surface area (Å²) in [5.74, 6) is -2.05. The Morgan fingerprint density at radius 3 is 2.09 bits per heavy atom. The Bertz CT molecular complexity index is 577. The van der Waals surface area contributed by atoms with Crippen LogP contribution < -0.4 is 37.3 Å². The first-order valence-electron chi connectivity index (χ1n) is 5.84. The highest BCUT2D eigenvalue weighted by atomic mass is 127. The number of aromatic nitrogens is 2. The van der Waals surface area contributed by atoms with Crippen LogP contribution >= 0.6 is 0 Å². The number of halogens is 4. The molecule has 0 aliphatic rings. The van der Waals surface area contributed by atoms with Crippen molar-refractivity contribution in [1.29, 1.82) is 0 Å². The number of para-hydroxylation sites is 1. The van der Waals surface area contributed by atoms with E-state index in [0.717, 1.165) is 5.75 Å². The molecule has 1 heterocycles. The molecule has 10 heteroatoms. The van der Waals surface area contributed by atoms with E-state index in [0.29, 0.717) is 0 Å². The minimum absolute atomic E-state index is 0.960. The van der Waals surface area contributed by atoms with E-state index in [9.17, 15) is 13.2 Å². The minimum Gasteiger partial charge on any atom is -0.542 e. The minimum atomic E-state index is -5.19. The second kappa shape index (κ2) is 10.7. The Morgan fingerprint density at radius 2 is 1.83 bits per heavy atom. The van der Waals surface area contributed by atoms with Gasteiger partial charge >= 0.3 is 28.8 Å². The van der Waals surface area contributed by atoms with Gasteiger partial charge in [0.2, 0.25) is 3.57 Å². The van der Waals surface area contributed by atoms with Gasteiger partial charge in [-0.2, -0.15) is 13.2 Å². The van der Waals surface area contributed by atoms with Crippen LogP contribution in [0.15, 0.2) is 42.7 Å². The summed E-state index contributed by atoms with van der Waals surface area (Å²) in [5, 5.41) is 12.5. The van der Waals surface area contributed by atoms with E-state index in [1.807, 2.05) is 46.9 Å². The molecular formula is C13H14F3IN2O4. The van der Waals surface area contributed by atoms with Gasteiger partial charge < -0.3 is 19.5 Å². The smallest absolute Gasteiger partial charge is 0.430 e. The summed E-state index contributed by atoms with van der Waals surface area (Å²) in [5.41, 5.74) is 0. The number of benzene rings is 1. The third kappa shape index (κ3) is 9.60. The van der Waals surface area contributed by atoms with Crippen molar-refractivity contribution in [2.75, 3.05) is 14.2 Å². The first kappa shape index (κ1) is 21.0. The topological polar surface area (TPSA) is 76.4 Å². The normalized spacial score (nSPS) is 9.65. The van der Waals surface area contributed by atoms with Crippen molar-refractivity contribution in [3.8, 4) is 5.75 Å². The zero-order chi connectivity index (χ0) is 17.9. The molecule has 0 bridgehead atoms. The molecular weight excluding hydrogens is 432 g/mol. The van der Waals surface area contributed by atoms with Crippen molar-refractivity contribution < 1.29 is 55.2 Å². The summed E-state index contributed by atoms with van der Waals surface area (Å²) in [6.07, 6.45) is -1.82. The zero-order valence-corrected chi connectivity index (χ0v) is 14.4. The average molecular weight is 446 g/mol. The van der Waals surface area contributed by atoms with E-state index in [4.69, 9.17) is 14.6 Å². The lowest BCUT2D eigenvalue weighted by Crippen LogP contribution is -3.34. The number of aliphatic carboxylic acids is 1. The number of ether oxygens (including phenoxy) is 1. The van der Waals surface area contributed by atoms with Crippen molar-refractivity contribution in [2.45, 2.75) is 6.18 Å². The highest BCUT2D eigenvalue weighted by molar-refractivity contribution is 5.70. The lowest BCUT2D eigenvalue weighted by Gasteiger charge is -2.03. The molecule has 1 aromatic heterocycles. The van der Waals surface area contributed by atoms with Gasteiger partial charge in [-0.3, -0.25) is 0 Å². The van der Waals surface area contributed by atoms with Crippen LogP contribution in [0.1, 0.15) is 0 Å². The van der Waals surface area contributed by atoms with Crippen molar-refractivity contribution in [3.63, 3.8) is 0 Å². The second-order valence-electron chi connectivity index (χ2n) is 3.53. The third-order valence-corrected chi connectivity index (χ3v) is 2.93. The van der Waals surface area contributed by atoms with Gasteiger partial charge in [0.1, 0.15) is 13.1 Å². The first-order valence-corrected chi connectivity index (χ1v) is 7.01. The molecule has 0 spiro atoms. The number of carboxylic acid groups (broad SMARTS) is 1. The van der Waals surface area contributed by atoms with Crippen molar-refractivity contribution >= 4 is 5.97 Å². The van der Waals surface area contributed by atoms with Crippen LogP contribution in [0.25, 0.3) is 0 Å². The Labute approximate surface area is 143 Å². The quantitative estimate of drug-likeness (QED) is 0.473. The van der Waals surface area contributed by atoms with E-state index in [1.165, 1.54) is 8.42 Å². The lowest BCUT2D eigenvalue weighted by atomic mass is 10.3. The molecule has 0 saturated carbocycles. The molecule has 2 rings (SSSR count). The van der Waals surface area contributed by atoms with E-state index in [1.54, 1.807) is 32.7 Å². The number of alkyl halides is 3. The van der Waals surface area contributed by atoms with Crippen LogP contribution in [0.4, 0.5) is 13.2 Å². The molecule has 0 saturated heterocycles. The van der Waals surface area contributed by atoms with Crippen LogP contribution in [0.3, 0.4) is 0 Å². The van der Waals surface area contributed by atoms with Crippen LogP contribution in [0.5, 0.6) is 5.75 Å². The molecule has 128 valence electrons. The third-order valence-electron chi connectivity index (χ3n) is 1.97. The molecule has 0 N–H and O–H groups in total. The van der Waals surface area contributed by atoms with Crippen LogP contribution in [-0.4, -0.2) is 36.3 Å². The maximum atomic E-state index is 10.5. The molecule has 0 fully saturated rings. The van der Waals surface area contributed by atoms with E-state index in [2.05, 4.69) is 9.94 Å². The monoisotopic (exact) mass is 446 g/mol. The summed E-state index contributed by atoms with van der Waals surface area (Å²) in [6, 6.07) is 9.75. The Hall–Kier alpha value is -1.98. The van der Waals surface area contributed by atoms with Crippen LogP contribution in [0, 0.1) is 3.57 Å². The fourth-order valence-corrected chi connectivity index (χ4v) is 1.64. The molecule has 0 radical (unpaired) electrons. The predicted molar refractivity (Wildman–Crippen MR) is 68.9 cm³/mol. The maximum Gasteiger partial charge on any atom is 0.430 e. The molecule has 2 aromatic rings. The molecule has 0 amide bonds. The molecule has 0 aliphatic heterocycles. The second-order valence-corrected chi connectivity index (χ2v) is 4.78. The van der Waals surface area contributed by atoms with E-state index in [-0.39, 0.29) is 0 Å². The number of hydrogen-bond donors (Lipinski definition) is 0. The van der Waals surface area contributed by atoms with Crippen molar-refractivity contribution in [1.82, 2.24) is 9.94 Å². The van der Waals surface area contributed by atoms with E-state index < -0.39 is 12.1 Å². The number of hydrogen-bond acceptors (Lipinski definition) is 5. The SMILES string of the molecule is COc1ccccc1[IH+].COn1cccn1.O=C([O-])C(F)(F)F.